The second kappa shape index (κ2) is 6.67. The molecule has 0 aliphatic carbocycles. The van der Waals surface area contributed by atoms with Gasteiger partial charge in [0.2, 0.25) is 0 Å². The van der Waals surface area contributed by atoms with E-state index >= 15 is 0 Å². The number of rotatable bonds is 4. The summed E-state index contributed by atoms with van der Waals surface area (Å²) in [6.45, 7) is 1.52. The van der Waals surface area contributed by atoms with Crippen molar-refractivity contribution < 1.29 is 18.3 Å². The van der Waals surface area contributed by atoms with E-state index in [-0.39, 0.29) is 5.75 Å². The van der Waals surface area contributed by atoms with Gasteiger partial charge in [-0.15, -0.1) is 0 Å². The fourth-order valence-electron chi connectivity index (χ4n) is 1.62. The summed E-state index contributed by atoms with van der Waals surface area (Å²) in [6, 6.07) is 10.2. The highest BCUT2D eigenvalue weighted by molar-refractivity contribution is 9.10. The summed E-state index contributed by atoms with van der Waals surface area (Å²) >= 11 is 3.30. The first-order valence-corrected chi connectivity index (χ1v) is 6.93. The Kier molecular flexibility index (Phi) is 4.90. The zero-order valence-corrected chi connectivity index (χ0v) is 12.7. The van der Waals surface area contributed by atoms with Gasteiger partial charge in [-0.2, -0.15) is 0 Å². The normalized spacial score (nSPS) is 11.8. The molecule has 0 aliphatic rings. The average molecular weight is 356 g/mol. The summed E-state index contributed by atoms with van der Waals surface area (Å²) in [5.74, 6) is -2.29. The summed E-state index contributed by atoms with van der Waals surface area (Å²) in [4.78, 5) is 12.0. The van der Waals surface area contributed by atoms with Crippen LogP contribution >= 0.6 is 15.9 Å². The van der Waals surface area contributed by atoms with Crippen molar-refractivity contribution in [1.82, 2.24) is 0 Å². The van der Waals surface area contributed by atoms with Gasteiger partial charge >= 0.3 is 0 Å². The Morgan fingerprint density at radius 2 is 1.95 bits per heavy atom. The van der Waals surface area contributed by atoms with Crippen LogP contribution in [-0.4, -0.2) is 12.0 Å². The smallest absolute Gasteiger partial charge is 0.265 e. The van der Waals surface area contributed by atoms with E-state index in [4.69, 9.17) is 4.74 Å². The molecule has 0 saturated carbocycles. The average Bonchev–Trinajstić information content (AvgIpc) is 2.43. The van der Waals surface area contributed by atoms with Crippen molar-refractivity contribution >= 4 is 27.5 Å². The molecule has 0 radical (unpaired) electrons. The van der Waals surface area contributed by atoms with E-state index in [1.165, 1.54) is 13.0 Å². The Balaban J connectivity index is 2.00. The van der Waals surface area contributed by atoms with Crippen LogP contribution in [0.25, 0.3) is 0 Å². The van der Waals surface area contributed by atoms with Gasteiger partial charge in [0.05, 0.1) is 0 Å². The van der Waals surface area contributed by atoms with E-state index in [2.05, 4.69) is 21.2 Å². The lowest BCUT2D eigenvalue weighted by Crippen LogP contribution is -2.30. The molecule has 0 spiro atoms. The molecule has 2 aromatic carbocycles. The minimum Gasteiger partial charge on any atom is -0.481 e. The molecular formula is C15H12BrF2NO2. The van der Waals surface area contributed by atoms with Crippen molar-refractivity contribution in [2.75, 3.05) is 5.32 Å². The first-order chi connectivity index (χ1) is 9.95. The third kappa shape index (κ3) is 4.26. The number of hydrogen-bond donors (Lipinski definition) is 1. The molecule has 2 rings (SSSR count). The van der Waals surface area contributed by atoms with Crippen molar-refractivity contribution in [1.29, 1.82) is 0 Å². The molecule has 2 aromatic rings. The van der Waals surface area contributed by atoms with Gasteiger partial charge < -0.3 is 10.1 Å². The predicted octanol–water partition coefficient (Wildman–Crippen LogP) is 4.13. The predicted molar refractivity (Wildman–Crippen MR) is 79.2 cm³/mol. The molecule has 0 fully saturated rings. The van der Waals surface area contributed by atoms with E-state index < -0.39 is 23.6 Å². The molecule has 1 N–H and O–H groups in total. The highest BCUT2D eigenvalue weighted by Gasteiger charge is 2.16. The number of halogens is 3. The van der Waals surface area contributed by atoms with Crippen LogP contribution in [-0.2, 0) is 4.79 Å². The quantitative estimate of drug-likeness (QED) is 0.895. The van der Waals surface area contributed by atoms with E-state index in [1.807, 2.05) is 6.07 Å². The first-order valence-electron chi connectivity index (χ1n) is 6.14. The standard InChI is InChI=1S/C15H12BrF2NO2/c1-9(21-12-5-6-13(17)14(18)8-12)15(20)19-11-4-2-3-10(16)7-11/h2-9H,1H3,(H,19,20)/t9-/m1/s1. The number of anilines is 1. The lowest BCUT2D eigenvalue weighted by molar-refractivity contribution is -0.122. The molecule has 0 aliphatic heterocycles. The van der Waals surface area contributed by atoms with Crippen LogP contribution in [0.15, 0.2) is 46.9 Å². The maximum absolute atomic E-state index is 13.1. The molecule has 110 valence electrons. The fraction of sp³-hybridized carbons (Fsp3) is 0.133. The molecule has 0 heterocycles. The lowest BCUT2D eigenvalue weighted by Gasteiger charge is -2.15. The van der Waals surface area contributed by atoms with Gasteiger partial charge in [-0.1, -0.05) is 22.0 Å². The second-order valence-corrected chi connectivity index (χ2v) is 5.25. The second-order valence-electron chi connectivity index (χ2n) is 4.34. The Hall–Kier alpha value is -1.95. The molecule has 1 atom stereocenters. The van der Waals surface area contributed by atoms with Gasteiger partial charge in [0.25, 0.3) is 5.91 Å². The first kappa shape index (κ1) is 15.4. The molecule has 0 saturated heterocycles. The zero-order chi connectivity index (χ0) is 15.4. The Labute approximate surface area is 129 Å². The topological polar surface area (TPSA) is 38.3 Å². The van der Waals surface area contributed by atoms with Crippen LogP contribution in [0.1, 0.15) is 6.92 Å². The highest BCUT2D eigenvalue weighted by Crippen LogP contribution is 2.18. The fourth-order valence-corrected chi connectivity index (χ4v) is 2.02. The van der Waals surface area contributed by atoms with Gasteiger partial charge in [-0.25, -0.2) is 8.78 Å². The summed E-state index contributed by atoms with van der Waals surface area (Å²) in [5.41, 5.74) is 0.607. The third-order valence-electron chi connectivity index (χ3n) is 2.67. The molecule has 6 heteroatoms. The zero-order valence-electron chi connectivity index (χ0n) is 11.1. The van der Waals surface area contributed by atoms with E-state index in [9.17, 15) is 13.6 Å². The van der Waals surface area contributed by atoms with Crippen molar-refractivity contribution in [2.24, 2.45) is 0 Å². The van der Waals surface area contributed by atoms with E-state index in [1.54, 1.807) is 18.2 Å². The summed E-state index contributed by atoms with van der Waals surface area (Å²) in [6.07, 6.45) is -0.853. The molecule has 0 aromatic heterocycles. The number of carbonyl (C=O) groups is 1. The van der Waals surface area contributed by atoms with Gasteiger partial charge in [-0.3, -0.25) is 4.79 Å². The van der Waals surface area contributed by atoms with Gasteiger partial charge in [0.15, 0.2) is 17.7 Å². The minimum absolute atomic E-state index is 0.0887. The molecule has 21 heavy (non-hydrogen) atoms. The van der Waals surface area contributed by atoms with Crippen LogP contribution in [0.2, 0.25) is 0 Å². The molecule has 3 nitrogen and oxygen atoms in total. The van der Waals surface area contributed by atoms with Crippen molar-refractivity contribution in [3.05, 3.63) is 58.6 Å². The lowest BCUT2D eigenvalue weighted by atomic mass is 10.3. The molecular weight excluding hydrogens is 344 g/mol. The maximum Gasteiger partial charge on any atom is 0.265 e. The molecule has 0 bridgehead atoms. The van der Waals surface area contributed by atoms with Gasteiger partial charge in [0.1, 0.15) is 5.75 Å². The summed E-state index contributed by atoms with van der Waals surface area (Å²) in [7, 11) is 0. The van der Waals surface area contributed by atoms with Crippen LogP contribution in [0.4, 0.5) is 14.5 Å². The number of hydrogen-bond acceptors (Lipinski definition) is 2. The molecule has 0 unspecified atom stereocenters. The number of amides is 1. The Morgan fingerprint density at radius 3 is 2.62 bits per heavy atom. The van der Waals surface area contributed by atoms with Crippen molar-refractivity contribution in [2.45, 2.75) is 13.0 Å². The number of ether oxygens (including phenoxy) is 1. The van der Waals surface area contributed by atoms with E-state index in [0.29, 0.717) is 5.69 Å². The summed E-state index contributed by atoms with van der Waals surface area (Å²) < 4.78 is 32.0. The highest BCUT2D eigenvalue weighted by atomic mass is 79.9. The van der Waals surface area contributed by atoms with Crippen molar-refractivity contribution in [3.8, 4) is 5.75 Å². The Morgan fingerprint density at radius 1 is 1.19 bits per heavy atom. The summed E-state index contributed by atoms with van der Waals surface area (Å²) in [5, 5.41) is 2.67. The van der Waals surface area contributed by atoms with Crippen LogP contribution in [0.5, 0.6) is 5.75 Å². The SMILES string of the molecule is C[C@@H](Oc1ccc(F)c(F)c1)C(=O)Nc1cccc(Br)c1. The Bertz CT molecular complexity index is 664. The largest absolute Gasteiger partial charge is 0.481 e. The molecule has 1 amide bonds. The van der Waals surface area contributed by atoms with E-state index in [0.717, 1.165) is 16.6 Å². The van der Waals surface area contributed by atoms with Crippen LogP contribution in [0.3, 0.4) is 0 Å². The minimum atomic E-state index is -1.02. The maximum atomic E-state index is 13.1. The number of carbonyl (C=O) groups excluding carboxylic acids is 1. The van der Waals surface area contributed by atoms with Gasteiger partial charge in [0, 0.05) is 16.2 Å². The third-order valence-corrected chi connectivity index (χ3v) is 3.16. The number of nitrogens with one attached hydrogen (secondary N) is 1. The van der Waals surface area contributed by atoms with Crippen LogP contribution < -0.4 is 10.1 Å². The number of benzene rings is 2. The van der Waals surface area contributed by atoms with Crippen molar-refractivity contribution in [3.63, 3.8) is 0 Å². The monoisotopic (exact) mass is 355 g/mol. The van der Waals surface area contributed by atoms with Crippen LogP contribution in [0, 0.1) is 11.6 Å². The van der Waals surface area contributed by atoms with Gasteiger partial charge in [-0.05, 0) is 37.3 Å².